The summed E-state index contributed by atoms with van der Waals surface area (Å²) in [5.41, 5.74) is 3.05. The smallest absolute Gasteiger partial charge is 0.355 e. The van der Waals surface area contributed by atoms with Gasteiger partial charge in [0.05, 0.1) is 19.3 Å². The van der Waals surface area contributed by atoms with E-state index >= 15 is 0 Å². The van der Waals surface area contributed by atoms with E-state index in [9.17, 15) is 9.59 Å². The van der Waals surface area contributed by atoms with Gasteiger partial charge in [-0.2, -0.15) is 0 Å². The number of ether oxygens (including phenoxy) is 2. The molecule has 0 saturated carbocycles. The minimum absolute atomic E-state index is 0.246. The highest BCUT2D eigenvalue weighted by Gasteiger charge is 2.26. The maximum Gasteiger partial charge on any atom is 0.355 e. The Balaban J connectivity index is 2.34. The number of aromatic nitrogens is 1. The lowest BCUT2D eigenvalue weighted by Crippen LogP contribution is -2.24. The first-order valence-corrected chi connectivity index (χ1v) is 8.83. The molecule has 0 fully saturated rings. The summed E-state index contributed by atoms with van der Waals surface area (Å²) in [6.07, 6.45) is 1.69. The third-order valence-electron chi connectivity index (χ3n) is 4.41. The molecule has 0 atom stereocenters. The van der Waals surface area contributed by atoms with E-state index in [1.54, 1.807) is 31.6 Å². The van der Waals surface area contributed by atoms with Crippen molar-refractivity contribution in [2.24, 2.45) is 0 Å². The molecule has 0 aliphatic heterocycles. The molecule has 6 heteroatoms. The molecule has 0 bridgehead atoms. The number of esters is 1. The largest absolute Gasteiger partial charge is 0.496 e. The molecule has 0 aliphatic rings. The molecule has 2 rings (SSSR count). The number of hydrogen-bond acceptors (Lipinski definition) is 4. The fourth-order valence-corrected chi connectivity index (χ4v) is 3.16. The summed E-state index contributed by atoms with van der Waals surface area (Å²) in [5, 5.41) is 2.92. The van der Waals surface area contributed by atoms with Crippen LogP contribution in [0.5, 0.6) is 5.75 Å². The SMILES string of the molecule is C=CCn1c(C)c(C(=O)NCc2ccccc2OC)c(C)c1C(=O)OCC. The lowest BCUT2D eigenvalue weighted by molar-refractivity contribution is 0.0513. The molecule has 1 aromatic heterocycles. The van der Waals surface area contributed by atoms with Crippen LogP contribution >= 0.6 is 0 Å². The van der Waals surface area contributed by atoms with Gasteiger partial charge in [0.2, 0.25) is 0 Å². The van der Waals surface area contributed by atoms with Crippen LogP contribution in [0.2, 0.25) is 0 Å². The Hall–Kier alpha value is -3.02. The average molecular weight is 370 g/mol. The van der Waals surface area contributed by atoms with Crippen molar-refractivity contribution in [1.82, 2.24) is 9.88 Å². The molecule has 6 nitrogen and oxygen atoms in total. The van der Waals surface area contributed by atoms with Crippen molar-refractivity contribution in [1.29, 1.82) is 0 Å². The highest BCUT2D eigenvalue weighted by atomic mass is 16.5. The van der Waals surface area contributed by atoms with Crippen LogP contribution in [0, 0.1) is 13.8 Å². The number of methoxy groups -OCH3 is 1. The number of amides is 1. The lowest BCUT2D eigenvalue weighted by atomic mass is 10.1. The normalized spacial score (nSPS) is 10.4. The Morgan fingerprint density at radius 3 is 2.59 bits per heavy atom. The predicted molar refractivity (Wildman–Crippen MR) is 104 cm³/mol. The Morgan fingerprint density at radius 2 is 1.96 bits per heavy atom. The van der Waals surface area contributed by atoms with E-state index in [2.05, 4.69) is 11.9 Å². The van der Waals surface area contributed by atoms with Gasteiger partial charge in [0.25, 0.3) is 5.91 Å². The number of allylic oxidation sites excluding steroid dienone is 1. The Morgan fingerprint density at radius 1 is 1.26 bits per heavy atom. The number of nitrogens with one attached hydrogen (secondary N) is 1. The zero-order valence-electron chi connectivity index (χ0n) is 16.3. The first-order chi connectivity index (χ1) is 13.0. The second-order valence-corrected chi connectivity index (χ2v) is 6.05. The van der Waals surface area contributed by atoms with E-state index in [1.165, 1.54) is 0 Å². The summed E-state index contributed by atoms with van der Waals surface area (Å²) in [4.78, 5) is 25.3. The van der Waals surface area contributed by atoms with Crippen LogP contribution in [0.15, 0.2) is 36.9 Å². The van der Waals surface area contributed by atoms with E-state index in [0.717, 1.165) is 5.56 Å². The standard InChI is InChI=1S/C21H26N2O4/c1-6-12-23-15(4)18(14(3)19(23)21(25)27-7-2)20(24)22-13-16-10-8-9-11-17(16)26-5/h6,8-11H,1,7,12-13H2,2-5H3,(H,22,24). The van der Waals surface area contributed by atoms with Crippen molar-refractivity contribution in [3.63, 3.8) is 0 Å². The van der Waals surface area contributed by atoms with Gasteiger partial charge in [-0.15, -0.1) is 6.58 Å². The Kier molecular flexibility index (Phi) is 6.82. The highest BCUT2D eigenvalue weighted by Crippen LogP contribution is 2.24. The van der Waals surface area contributed by atoms with Crippen molar-refractivity contribution < 1.29 is 19.1 Å². The molecule has 1 heterocycles. The van der Waals surface area contributed by atoms with Gasteiger partial charge < -0.3 is 19.4 Å². The summed E-state index contributed by atoms with van der Waals surface area (Å²) in [6, 6.07) is 7.50. The summed E-state index contributed by atoms with van der Waals surface area (Å²) in [5.74, 6) is 0.0238. The van der Waals surface area contributed by atoms with Gasteiger partial charge in [-0.1, -0.05) is 24.3 Å². The number of nitrogens with zero attached hydrogens (tertiary/aromatic N) is 1. The molecule has 1 N–H and O–H groups in total. The van der Waals surface area contributed by atoms with E-state index in [-0.39, 0.29) is 12.5 Å². The monoisotopic (exact) mass is 370 g/mol. The molecular formula is C21H26N2O4. The number of carbonyl (C=O) groups excluding carboxylic acids is 2. The second kappa shape index (κ2) is 9.07. The van der Waals surface area contributed by atoms with Crippen LogP contribution in [-0.2, 0) is 17.8 Å². The fourth-order valence-electron chi connectivity index (χ4n) is 3.16. The van der Waals surface area contributed by atoms with Crippen molar-refractivity contribution >= 4 is 11.9 Å². The number of hydrogen-bond donors (Lipinski definition) is 1. The van der Waals surface area contributed by atoms with E-state index in [1.807, 2.05) is 31.2 Å². The Bertz CT molecular complexity index is 852. The number of para-hydroxylation sites is 1. The summed E-state index contributed by atoms with van der Waals surface area (Å²) in [6.45, 7) is 10.1. The van der Waals surface area contributed by atoms with Gasteiger partial charge in [0.1, 0.15) is 11.4 Å². The third-order valence-corrected chi connectivity index (χ3v) is 4.41. The molecule has 2 aromatic rings. The van der Waals surface area contributed by atoms with Gasteiger partial charge in [0, 0.05) is 24.3 Å². The predicted octanol–water partition coefficient (Wildman–Crippen LogP) is 3.41. The first kappa shape index (κ1) is 20.3. The molecule has 1 amide bonds. The Labute approximate surface area is 159 Å². The summed E-state index contributed by atoms with van der Waals surface area (Å²) < 4.78 is 12.2. The molecule has 27 heavy (non-hydrogen) atoms. The number of rotatable bonds is 8. The maximum atomic E-state index is 12.9. The van der Waals surface area contributed by atoms with Gasteiger partial charge in [-0.3, -0.25) is 4.79 Å². The van der Waals surface area contributed by atoms with Crippen LogP contribution in [0.3, 0.4) is 0 Å². The molecular weight excluding hydrogens is 344 g/mol. The molecule has 0 radical (unpaired) electrons. The third kappa shape index (κ3) is 4.22. The van der Waals surface area contributed by atoms with Crippen LogP contribution in [-0.4, -0.2) is 30.2 Å². The van der Waals surface area contributed by atoms with Crippen LogP contribution in [0.4, 0.5) is 0 Å². The molecule has 144 valence electrons. The zero-order valence-corrected chi connectivity index (χ0v) is 16.3. The fraction of sp³-hybridized carbons (Fsp3) is 0.333. The highest BCUT2D eigenvalue weighted by molar-refractivity contribution is 6.01. The first-order valence-electron chi connectivity index (χ1n) is 8.83. The van der Waals surface area contributed by atoms with Crippen molar-refractivity contribution in [2.45, 2.75) is 33.9 Å². The summed E-state index contributed by atoms with van der Waals surface area (Å²) >= 11 is 0. The maximum absolute atomic E-state index is 12.9. The van der Waals surface area contributed by atoms with Gasteiger partial charge in [0.15, 0.2) is 0 Å². The van der Waals surface area contributed by atoms with Crippen LogP contribution in [0.1, 0.15) is 44.6 Å². The van der Waals surface area contributed by atoms with E-state index < -0.39 is 5.97 Å². The quantitative estimate of drug-likeness (QED) is 0.571. The number of benzene rings is 1. The average Bonchev–Trinajstić information content (AvgIpc) is 2.90. The zero-order chi connectivity index (χ0) is 20.0. The minimum Gasteiger partial charge on any atom is -0.496 e. The molecule has 0 saturated heterocycles. The lowest BCUT2D eigenvalue weighted by Gasteiger charge is -2.10. The van der Waals surface area contributed by atoms with Crippen molar-refractivity contribution in [3.05, 3.63) is 65.0 Å². The van der Waals surface area contributed by atoms with Crippen LogP contribution in [0.25, 0.3) is 0 Å². The van der Waals surface area contributed by atoms with E-state index in [4.69, 9.17) is 9.47 Å². The number of carbonyl (C=O) groups is 2. The van der Waals surface area contributed by atoms with E-state index in [0.29, 0.717) is 41.4 Å². The molecule has 0 aliphatic carbocycles. The summed E-state index contributed by atoms with van der Waals surface area (Å²) in [7, 11) is 1.59. The molecule has 0 spiro atoms. The second-order valence-electron chi connectivity index (χ2n) is 6.05. The van der Waals surface area contributed by atoms with Crippen molar-refractivity contribution in [2.75, 3.05) is 13.7 Å². The van der Waals surface area contributed by atoms with Crippen LogP contribution < -0.4 is 10.1 Å². The van der Waals surface area contributed by atoms with Gasteiger partial charge in [-0.05, 0) is 32.4 Å². The minimum atomic E-state index is -0.441. The van der Waals surface area contributed by atoms with Gasteiger partial charge in [-0.25, -0.2) is 4.79 Å². The van der Waals surface area contributed by atoms with Gasteiger partial charge >= 0.3 is 5.97 Å². The molecule has 1 aromatic carbocycles. The molecule has 0 unspecified atom stereocenters. The van der Waals surface area contributed by atoms with Crippen molar-refractivity contribution in [3.8, 4) is 5.75 Å². The topological polar surface area (TPSA) is 69.6 Å².